The second-order valence-electron chi connectivity index (χ2n) is 6.82. The lowest BCUT2D eigenvalue weighted by Crippen LogP contribution is -2.50. The second-order valence-corrected chi connectivity index (χ2v) is 6.82. The number of nitrogens with one attached hydrogen (secondary N) is 1. The predicted molar refractivity (Wildman–Crippen MR) is 88.8 cm³/mol. The first-order valence-electron chi connectivity index (χ1n) is 8.34. The van der Waals surface area contributed by atoms with Crippen molar-refractivity contribution in [3.8, 4) is 0 Å². The first-order valence-corrected chi connectivity index (χ1v) is 8.34. The van der Waals surface area contributed by atoms with Gasteiger partial charge in [0, 0.05) is 31.3 Å². The highest BCUT2D eigenvalue weighted by atomic mass is 16.2. The Kier molecular flexibility index (Phi) is 5.12. The van der Waals surface area contributed by atoms with Gasteiger partial charge in [-0.25, -0.2) is 0 Å². The van der Waals surface area contributed by atoms with Gasteiger partial charge < -0.3 is 10.2 Å². The lowest BCUT2D eigenvalue weighted by atomic mass is 10.00. The minimum absolute atomic E-state index is 0.0783. The molecule has 1 aromatic heterocycles. The molecule has 0 radical (unpaired) electrons. The molecule has 2 amide bonds. The highest BCUT2D eigenvalue weighted by molar-refractivity contribution is 5.89. The number of hydrogen-bond acceptors (Lipinski definition) is 3. The molecule has 0 unspecified atom stereocenters. The van der Waals surface area contributed by atoms with E-state index >= 15 is 0 Å². The van der Waals surface area contributed by atoms with Gasteiger partial charge in [-0.3, -0.25) is 14.3 Å². The average molecular weight is 320 g/mol. The van der Waals surface area contributed by atoms with Gasteiger partial charge in [-0.2, -0.15) is 5.10 Å². The minimum Gasteiger partial charge on any atom is -0.348 e. The van der Waals surface area contributed by atoms with Gasteiger partial charge >= 0.3 is 0 Å². The standard InChI is InChI=1S/C17H28N4O2/c1-10(2)16(21-9-7-8-14(21)22)17(23)18-11(3)15-12(4)19-20(6)13(15)5/h10-11,16H,7-9H2,1-6H3,(H,18,23)/t11-,16-/m1/s1. The number of aryl methyl sites for hydroxylation is 2. The van der Waals surface area contributed by atoms with E-state index in [0.717, 1.165) is 23.4 Å². The number of nitrogens with zero attached hydrogens (tertiary/aromatic N) is 3. The molecule has 128 valence electrons. The first-order chi connectivity index (χ1) is 10.7. The van der Waals surface area contributed by atoms with Gasteiger partial charge in [-0.1, -0.05) is 13.8 Å². The van der Waals surface area contributed by atoms with Crippen LogP contribution in [0, 0.1) is 19.8 Å². The van der Waals surface area contributed by atoms with Crippen molar-refractivity contribution in [1.82, 2.24) is 20.0 Å². The number of rotatable bonds is 5. The number of carbonyl (C=O) groups excluding carboxylic acids is 2. The fourth-order valence-electron chi connectivity index (χ4n) is 3.55. The molecule has 0 spiro atoms. The van der Waals surface area contributed by atoms with Crippen LogP contribution < -0.4 is 5.32 Å². The van der Waals surface area contributed by atoms with Crippen molar-refractivity contribution in [3.05, 3.63) is 17.0 Å². The third kappa shape index (κ3) is 3.41. The third-order valence-corrected chi connectivity index (χ3v) is 4.70. The molecule has 1 N–H and O–H groups in total. The molecule has 0 bridgehead atoms. The molecular weight excluding hydrogens is 292 g/mol. The quantitative estimate of drug-likeness (QED) is 0.900. The number of amides is 2. The molecule has 0 aliphatic carbocycles. The molecule has 0 saturated carbocycles. The minimum atomic E-state index is -0.398. The largest absolute Gasteiger partial charge is 0.348 e. The van der Waals surface area contributed by atoms with Crippen LogP contribution in [0.4, 0.5) is 0 Å². The van der Waals surface area contributed by atoms with E-state index in [2.05, 4.69) is 10.4 Å². The zero-order chi connectivity index (χ0) is 17.3. The Bertz CT molecular complexity index is 606. The van der Waals surface area contributed by atoms with Crippen molar-refractivity contribution >= 4 is 11.8 Å². The molecule has 2 rings (SSSR count). The lowest BCUT2D eigenvalue weighted by molar-refractivity contribution is -0.139. The monoisotopic (exact) mass is 320 g/mol. The van der Waals surface area contributed by atoms with Crippen LogP contribution in [0.15, 0.2) is 0 Å². The summed E-state index contributed by atoms with van der Waals surface area (Å²) in [7, 11) is 1.90. The van der Waals surface area contributed by atoms with Crippen LogP contribution in [0.5, 0.6) is 0 Å². The maximum Gasteiger partial charge on any atom is 0.243 e. The third-order valence-electron chi connectivity index (χ3n) is 4.70. The van der Waals surface area contributed by atoms with Gasteiger partial charge in [0.05, 0.1) is 11.7 Å². The van der Waals surface area contributed by atoms with Gasteiger partial charge in [0.2, 0.25) is 11.8 Å². The van der Waals surface area contributed by atoms with E-state index < -0.39 is 6.04 Å². The fraction of sp³-hybridized carbons (Fsp3) is 0.706. The Balaban J connectivity index is 2.16. The molecule has 6 heteroatoms. The predicted octanol–water partition coefficient (Wildman–Crippen LogP) is 1.86. The van der Waals surface area contributed by atoms with E-state index in [-0.39, 0.29) is 23.8 Å². The van der Waals surface area contributed by atoms with Crippen LogP contribution in [-0.4, -0.2) is 39.1 Å². The summed E-state index contributed by atoms with van der Waals surface area (Å²) in [6.07, 6.45) is 1.39. The smallest absolute Gasteiger partial charge is 0.243 e. The molecule has 23 heavy (non-hydrogen) atoms. The van der Waals surface area contributed by atoms with E-state index in [4.69, 9.17) is 0 Å². The molecule has 1 aromatic rings. The first kappa shape index (κ1) is 17.5. The van der Waals surface area contributed by atoms with Crippen molar-refractivity contribution in [2.75, 3.05) is 6.54 Å². The zero-order valence-corrected chi connectivity index (χ0v) is 15.0. The molecule has 1 saturated heterocycles. The Morgan fingerprint density at radius 3 is 2.35 bits per heavy atom. The molecule has 1 fully saturated rings. The topological polar surface area (TPSA) is 67.2 Å². The van der Waals surface area contributed by atoms with Crippen LogP contribution in [0.1, 0.15) is 56.6 Å². The zero-order valence-electron chi connectivity index (χ0n) is 15.0. The van der Waals surface area contributed by atoms with Gasteiger partial charge in [-0.05, 0) is 33.1 Å². The van der Waals surface area contributed by atoms with Crippen molar-refractivity contribution in [1.29, 1.82) is 0 Å². The van der Waals surface area contributed by atoms with Crippen molar-refractivity contribution < 1.29 is 9.59 Å². The van der Waals surface area contributed by atoms with Crippen molar-refractivity contribution in [2.24, 2.45) is 13.0 Å². The maximum absolute atomic E-state index is 12.8. The average Bonchev–Trinajstić information content (AvgIpc) is 2.94. The number of carbonyl (C=O) groups is 2. The number of hydrogen-bond donors (Lipinski definition) is 1. The Morgan fingerprint density at radius 1 is 1.26 bits per heavy atom. The van der Waals surface area contributed by atoms with Gasteiger partial charge in [0.15, 0.2) is 0 Å². The molecule has 1 aliphatic heterocycles. The Morgan fingerprint density at radius 2 is 1.91 bits per heavy atom. The molecule has 2 heterocycles. The van der Waals surface area contributed by atoms with Crippen molar-refractivity contribution in [3.63, 3.8) is 0 Å². The van der Waals surface area contributed by atoms with Gasteiger partial charge in [0.1, 0.15) is 6.04 Å². The summed E-state index contributed by atoms with van der Waals surface area (Å²) in [4.78, 5) is 26.6. The van der Waals surface area contributed by atoms with Crippen molar-refractivity contribution in [2.45, 2.75) is 59.5 Å². The van der Waals surface area contributed by atoms with Crippen LogP contribution >= 0.6 is 0 Å². The Hall–Kier alpha value is -1.85. The summed E-state index contributed by atoms with van der Waals surface area (Å²) in [5, 5.41) is 7.49. The molecule has 6 nitrogen and oxygen atoms in total. The highest BCUT2D eigenvalue weighted by Gasteiger charge is 2.35. The summed E-state index contributed by atoms with van der Waals surface area (Å²) >= 11 is 0. The van der Waals surface area contributed by atoms with Gasteiger partial charge in [0.25, 0.3) is 0 Å². The van der Waals surface area contributed by atoms with Crippen LogP contribution in [0.2, 0.25) is 0 Å². The molecule has 2 atom stereocenters. The summed E-state index contributed by atoms with van der Waals surface area (Å²) in [6.45, 7) is 10.6. The lowest BCUT2D eigenvalue weighted by Gasteiger charge is -2.31. The fourth-order valence-corrected chi connectivity index (χ4v) is 3.55. The van der Waals surface area contributed by atoms with Crippen LogP contribution in [0.25, 0.3) is 0 Å². The maximum atomic E-state index is 12.8. The van der Waals surface area contributed by atoms with Crippen LogP contribution in [0.3, 0.4) is 0 Å². The molecule has 1 aliphatic rings. The SMILES string of the molecule is Cc1nn(C)c(C)c1[C@@H](C)NC(=O)[C@@H](C(C)C)N1CCCC1=O. The van der Waals surface area contributed by atoms with E-state index in [0.29, 0.717) is 13.0 Å². The number of likely N-dealkylation sites (tertiary alicyclic amines) is 1. The van der Waals surface area contributed by atoms with E-state index in [1.807, 2.05) is 46.3 Å². The Labute approximate surface area is 138 Å². The second kappa shape index (κ2) is 6.72. The summed E-state index contributed by atoms with van der Waals surface area (Å²) in [5.41, 5.74) is 3.03. The van der Waals surface area contributed by atoms with Gasteiger partial charge in [-0.15, -0.1) is 0 Å². The highest BCUT2D eigenvalue weighted by Crippen LogP contribution is 2.23. The summed E-state index contributed by atoms with van der Waals surface area (Å²) in [6, 6.07) is -0.528. The summed E-state index contributed by atoms with van der Waals surface area (Å²) < 4.78 is 1.83. The molecule has 0 aromatic carbocycles. The van der Waals surface area contributed by atoms with Crippen LogP contribution in [-0.2, 0) is 16.6 Å². The number of aromatic nitrogens is 2. The normalized spacial score (nSPS) is 17.7. The van der Waals surface area contributed by atoms with E-state index in [9.17, 15) is 9.59 Å². The molecular formula is C17H28N4O2. The van der Waals surface area contributed by atoms with E-state index in [1.54, 1.807) is 4.90 Å². The van der Waals surface area contributed by atoms with E-state index in [1.165, 1.54) is 0 Å². The summed E-state index contributed by atoms with van der Waals surface area (Å²) in [5.74, 6) is 0.0889.